The molecule has 2 aromatic heterocycles. The van der Waals surface area contributed by atoms with Gasteiger partial charge >= 0.3 is 0 Å². The van der Waals surface area contributed by atoms with Gasteiger partial charge in [-0.05, 0) is 118 Å². The third-order valence-corrected chi connectivity index (χ3v) is 15.3. The van der Waals surface area contributed by atoms with Crippen molar-refractivity contribution in [1.29, 1.82) is 0 Å². The zero-order valence-electron chi connectivity index (χ0n) is 36.2. The molecule has 10 aromatic rings. The molecule has 13 rings (SSSR count). The Kier molecular flexibility index (Phi) is 8.43. The van der Waals surface area contributed by atoms with Crippen molar-refractivity contribution in [2.75, 3.05) is 0 Å². The number of aromatic nitrogens is 4. The Labute approximate surface area is 374 Å². The van der Waals surface area contributed by atoms with Crippen LogP contribution in [-0.4, -0.2) is 19.5 Å². The van der Waals surface area contributed by atoms with Crippen molar-refractivity contribution in [3.63, 3.8) is 0 Å². The van der Waals surface area contributed by atoms with Crippen LogP contribution in [0.2, 0.25) is 0 Å². The van der Waals surface area contributed by atoms with E-state index in [0.29, 0.717) is 29.3 Å². The minimum atomic E-state index is 0.0934. The van der Waals surface area contributed by atoms with Crippen LogP contribution < -0.4 is 0 Å². The van der Waals surface area contributed by atoms with Crippen LogP contribution in [0.1, 0.15) is 50.7 Å². The fourth-order valence-corrected chi connectivity index (χ4v) is 12.9. The van der Waals surface area contributed by atoms with Gasteiger partial charge in [-0.3, -0.25) is 0 Å². The Balaban J connectivity index is 0.972. The number of hydrogen-bond acceptors (Lipinski definition) is 3. The monoisotopic (exact) mass is 824 g/mol. The van der Waals surface area contributed by atoms with Gasteiger partial charge in [0.25, 0.3) is 0 Å². The Morgan fingerprint density at radius 1 is 0.453 bits per heavy atom. The third-order valence-electron chi connectivity index (χ3n) is 15.3. The van der Waals surface area contributed by atoms with E-state index in [4.69, 9.17) is 15.0 Å². The molecule has 0 amide bonds. The standard InChI is InChI=1S/C60H48N4/c1-37-30-39-32-38(2)60(46(31-37)33-39)53-23-12-11-22-49(53)51-35-43(25-28-54(51)60)44-26-29-55-52(36-44)50-27-24-40-14-9-10-21-48(40)56(50)64(55)47-20-13-19-45(34-47)59-62-57(41-15-5-3-6-16-41)61-58(63-59)42-17-7-4-8-18-42/h3-29,34-39,46H,30-33H2,1-2H3. The highest BCUT2D eigenvalue weighted by atomic mass is 15.0. The zero-order valence-corrected chi connectivity index (χ0v) is 36.2. The Hall–Kier alpha value is -7.17. The average Bonchev–Trinajstić information content (AvgIpc) is 3.84. The van der Waals surface area contributed by atoms with Crippen molar-refractivity contribution in [3.05, 3.63) is 193 Å². The summed E-state index contributed by atoms with van der Waals surface area (Å²) in [6.45, 7) is 5.06. The van der Waals surface area contributed by atoms with Gasteiger partial charge in [0.05, 0.1) is 11.0 Å². The maximum absolute atomic E-state index is 5.10. The van der Waals surface area contributed by atoms with Gasteiger partial charge in [0.1, 0.15) is 0 Å². The smallest absolute Gasteiger partial charge is 0.164 e. The fourth-order valence-electron chi connectivity index (χ4n) is 12.9. The van der Waals surface area contributed by atoms with E-state index in [1.54, 1.807) is 11.1 Å². The van der Waals surface area contributed by atoms with E-state index in [1.165, 1.54) is 80.5 Å². The Morgan fingerprint density at radius 3 is 1.91 bits per heavy atom. The van der Waals surface area contributed by atoms with E-state index < -0.39 is 0 Å². The van der Waals surface area contributed by atoms with Crippen molar-refractivity contribution in [2.24, 2.45) is 23.7 Å². The first kappa shape index (κ1) is 37.4. The van der Waals surface area contributed by atoms with Gasteiger partial charge in [0.2, 0.25) is 0 Å². The van der Waals surface area contributed by atoms with Crippen LogP contribution in [-0.2, 0) is 5.41 Å². The highest BCUT2D eigenvalue weighted by Gasteiger charge is 2.56. The van der Waals surface area contributed by atoms with Crippen molar-refractivity contribution >= 4 is 32.6 Å². The normalized spacial score (nSPS) is 21.1. The van der Waals surface area contributed by atoms with E-state index >= 15 is 0 Å². The highest BCUT2D eigenvalue weighted by molar-refractivity contribution is 6.19. The largest absolute Gasteiger partial charge is 0.309 e. The van der Waals surface area contributed by atoms with Gasteiger partial charge in [-0.15, -0.1) is 0 Å². The minimum absolute atomic E-state index is 0.0934. The molecule has 2 fully saturated rings. The molecule has 1 spiro atoms. The predicted molar refractivity (Wildman–Crippen MR) is 263 cm³/mol. The van der Waals surface area contributed by atoms with Gasteiger partial charge in [-0.25, -0.2) is 15.0 Å². The molecular formula is C60H48N4. The summed E-state index contributed by atoms with van der Waals surface area (Å²) < 4.78 is 2.45. The second-order valence-electron chi connectivity index (χ2n) is 19.0. The predicted octanol–water partition coefficient (Wildman–Crippen LogP) is 15.1. The lowest BCUT2D eigenvalue weighted by Crippen LogP contribution is -2.49. The van der Waals surface area contributed by atoms with Gasteiger partial charge < -0.3 is 4.57 Å². The SMILES string of the molecule is CC1CC2CC(C)C3(c4ccccc4-c4cc(-c5ccc6c(c5)c5ccc7ccccc7c5n6-c5cccc(-c6nc(-c7ccccc7)nc(-c7ccccc7)n6)c5)ccc43)C(C1)C2. The van der Waals surface area contributed by atoms with Crippen LogP contribution in [0.4, 0.5) is 0 Å². The van der Waals surface area contributed by atoms with Crippen molar-refractivity contribution in [3.8, 4) is 62.1 Å². The molecule has 8 aromatic carbocycles. The summed E-state index contributed by atoms with van der Waals surface area (Å²) in [5.74, 6) is 4.92. The summed E-state index contributed by atoms with van der Waals surface area (Å²) in [7, 11) is 0. The zero-order chi connectivity index (χ0) is 42.5. The lowest BCUT2D eigenvalue weighted by molar-refractivity contribution is 0.0426. The van der Waals surface area contributed by atoms with Gasteiger partial charge in [0, 0.05) is 44.0 Å². The number of hydrogen-bond donors (Lipinski definition) is 0. The molecule has 4 nitrogen and oxygen atoms in total. The molecule has 2 heterocycles. The van der Waals surface area contributed by atoms with Crippen LogP contribution >= 0.6 is 0 Å². The highest BCUT2D eigenvalue weighted by Crippen LogP contribution is 2.64. The topological polar surface area (TPSA) is 43.6 Å². The molecule has 64 heavy (non-hydrogen) atoms. The van der Waals surface area contributed by atoms with Gasteiger partial charge in [0.15, 0.2) is 17.5 Å². The second kappa shape index (κ2) is 14.4. The maximum Gasteiger partial charge on any atom is 0.164 e. The van der Waals surface area contributed by atoms with E-state index in [-0.39, 0.29) is 5.41 Å². The summed E-state index contributed by atoms with van der Waals surface area (Å²) in [6, 6.07) is 66.4. The molecular weight excluding hydrogens is 777 g/mol. The number of nitrogens with zero attached hydrogens (tertiary/aromatic N) is 4. The van der Waals surface area contributed by atoms with Crippen LogP contribution in [0.15, 0.2) is 182 Å². The first-order valence-electron chi connectivity index (χ1n) is 23.2. The van der Waals surface area contributed by atoms with Crippen LogP contribution in [0.5, 0.6) is 0 Å². The van der Waals surface area contributed by atoms with Crippen molar-refractivity contribution < 1.29 is 0 Å². The molecule has 5 atom stereocenters. The second-order valence-corrected chi connectivity index (χ2v) is 19.0. The van der Waals surface area contributed by atoms with E-state index in [2.05, 4.69) is 164 Å². The number of benzene rings is 8. The number of rotatable bonds is 5. The summed E-state index contributed by atoms with van der Waals surface area (Å²) in [4.78, 5) is 15.2. The van der Waals surface area contributed by atoms with Crippen LogP contribution in [0.25, 0.3) is 94.7 Å². The molecule has 4 heteroatoms. The molecule has 0 N–H and O–H groups in total. The summed E-state index contributed by atoms with van der Waals surface area (Å²) in [5.41, 5.74) is 14.9. The first-order chi connectivity index (χ1) is 31.5. The molecule has 0 radical (unpaired) electrons. The summed E-state index contributed by atoms with van der Waals surface area (Å²) in [5, 5.41) is 4.92. The van der Waals surface area contributed by atoms with Crippen LogP contribution in [0.3, 0.4) is 0 Å². The number of fused-ring (bicyclic) bond motifs is 13. The summed E-state index contributed by atoms with van der Waals surface area (Å²) >= 11 is 0. The first-order valence-corrected chi connectivity index (χ1v) is 23.2. The Bertz CT molecular complexity index is 3400. The van der Waals surface area contributed by atoms with Crippen molar-refractivity contribution in [1.82, 2.24) is 19.5 Å². The third kappa shape index (κ3) is 5.64. The lowest BCUT2D eigenvalue weighted by Gasteiger charge is -2.54. The molecule has 308 valence electrons. The average molecular weight is 825 g/mol. The van der Waals surface area contributed by atoms with E-state index in [1.807, 2.05) is 36.4 Å². The molecule has 0 saturated heterocycles. The molecule has 0 aliphatic heterocycles. The van der Waals surface area contributed by atoms with Gasteiger partial charge in [-0.1, -0.05) is 166 Å². The molecule has 3 aliphatic rings. The molecule has 5 unspecified atom stereocenters. The lowest BCUT2D eigenvalue weighted by atomic mass is 9.49. The minimum Gasteiger partial charge on any atom is -0.309 e. The van der Waals surface area contributed by atoms with Gasteiger partial charge in [-0.2, -0.15) is 0 Å². The van der Waals surface area contributed by atoms with Crippen LogP contribution in [0, 0.1) is 23.7 Å². The fraction of sp³-hybridized carbons (Fsp3) is 0.183. The van der Waals surface area contributed by atoms with E-state index in [0.717, 1.165) is 34.2 Å². The molecule has 3 aliphatic carbocycles. The Morgan fingerprint density at radius 2 is 1.11 bits per heavy atom. The molecule has 2 saturated carbocycles. The van der Waals surface area contributed by atoms with E-state index in [9.17, 15) is 0 Å². The maximum atomic E-state index is 5.10. The summed E-state index contributed by atoms with van der Waals surface area (Å²) in [6.07, 6.45) is 5.41. The quantitative estimate of drug-likeness (QED) is 0.174. The molecule has 2 bridgehead atoms. The van der Waals surface area contributed by atoms with Crippen molar-refractivity contribution in [2.45, 2.75) is 44.9 Å².